The Morgan fingerprint density at radius 1 is 1.47 bits per heavy atom. The normalized spacial score (nSPS) is 21.7. The topological polar surface area (TPSA) is 90.0 Å². The molecule has 2 aliphatic rings. The molecule has 2 fully saturated rings. The molecule has 2 N–H and O–H groups in total. The van der Waals surface area contributed by atoms with Crippen molar-refractivity contribution in [3.05, 3.63) is 0 Å². The lowest BCUT2D eigenvalue weighted by Gasteiger charge is -2.36. The first kappa shape index (κ1) is 9.91. The highest BCUT2D eigenvalue weighted by Gasteiger charge is 2.35. The van der Waals surface area contributed by atoms with E-state index in [4.69, 9.17) is 5.11 Å². The summed E-state index contributed by atoms with van der Waals surface area (Å²) in [5.74, 6) is -0.708. The molecule has 2 heterocycles. The van der Waals surface area contributed by atoms with Crippen LogP contribution in [0.15, 0.2) is 0 Å². The summed E-state index contributed by atoms with van der Waals surface area (Å²) < 4.78 is 0. The predicted molar refractivity (Wildman–Crippen MR) is 47.7 cm³/mol. The smallest absolute Gasteiger partial charge is 0.325 e. The van der Waals surface area contributed by atoms with Crippen molar-refractivity contribution < 1.29 is 19.5 Å². The maximum Gasteiger partial charge on any atom is 0.325 e. The molecule has 0 aromatic carbocycles. The number of aliphatic hydroxyl groups is 1. The predicted octanol–water partition coefficient (Wildman–Crippen LogP) is -2.26. The summed E-state index contributed by atoms with van der Waals surface area (Å²) in [6, 6.07) is -0.533. The standard InChI is InChI=1S/C8H11N3O4/c12-5-2-10(3-5)7(14)4-11-6(13)1-9-8(11)15/h5,12H,1-4H2,(H,9,15). The summed E-state index contributed by atoms with van der Waals surface area (Å²) in [4.78, 5) is 36.0. The van der Waals surface area contributed by atoms with Crippen LogP contribution in [0, 0.1) is 0 Å². The average molecular weight is 213 g/mol. The van der Waals surface area contributed by atoms with E-state index < -0.39 is 18.0 Å². The Hall–Kier alpha value is -1.63. The third-order valence-corrected chi connectivity index (χ3v) is 2.45. The second-order valence-electron chi connectivity index (χ2n) is 3.59. The number of hydrogen-bond donors (Lipinski definition) is 2. The second kappa shape index (κ2) is 3.50. The summed E-state index contributed by atoms with van der Waals surface area (Å²) in [5, 5.41) is 11.3. The molecule has 7 nitrogen and oxygen atoms in total. The van der Waals surface area contributed by atoms with E-state index in [0.717, 1.165) is 4.90 Å². The Bertz CT molecular complexity index is 308. The SMILES string of the molecule is O=C(CN1C(=O)CNC1=O)N1CC(O)C1. The first-order valence-electron chi connectivity index (χ1n) is 4.62. The molecule has 2 saturated heterocycles. The second-order valence-corrected chi connectivity index (χ2v) is 3.59. The highest BCUT2D eigenvalue weighted by molar-refractivity contribution is 6.04. The van der Waals surface area contributed by atoms with Gasteiger partial charge in [-0.2, -0.15) is 0 Å². The Balaban J connectivity index is 1.88. The highest BCUT2D eigenvalue weighted by Crippen LogP contribution is 2.09. The van der Waals surface area contributed by atoms with Gasteiger partial charge >= 0.3 is 6.03 Å². The number of β-amino-alcohol motifs (C(OH)–C–C–N with tert-alkyl or cyclic N) is 1. The monoisotopic (exact) mass is 213 g/mol. The number of amides is 4. The summed E-state index contributed by atoms with van der Waals surface area (Å²) in [6.45, 7) is 0.275. The molecule has 0 aliphatic carbocycles. The van der Waals surface area contributed by atoms with Crippen molar-refractivity contribution in [3.63, 3.8) is 0 Å². The number of nitrogens with one attached hydrogen (secondary N) is 1. The lowest BCUT2D eigenvalue weighted by atomic mass is 10.1. The fourth-order valence-corrected chi connectivity index (χ4v) is 1.51. The van der Waals surface area contributed by atoms with Gasteiger partial charge in [0.2, 0.25) is 5.91 Å². The molecule has 0 unspecified atom stereocenters. The van der Waals surface area contributed by atoms with Crippen LogP contribution in [0.3, 0.4) is 0 Å². The van der Waals surface area contributed by atoms with E-state index in [9.17, 15) is 14.4 Å². The molecule has 0 aromatic heterocycles. The lowest BCUT2D eigenvalue weighted by molar-refractivity contribution is -0.144. The van der Waals surface area contributed by atoms with Gasteiger partial charge in [0.25, 0.3) is 5.91 Å². The van der Waals surface area contributed by atoms with E-state index in [1.165, 1.54) is 4.90 Å². The molecule has 2 rings (SSSR count). The zero-order chi connectivity index (χ0) is 11.0. The van der Waals surface area contributed by atoms with Gasteiger partial charge in [-0.1, -0.05) is 0 Å². The molecule has 7 heteroatoms. The molecule has 0 aromatic rings. The van der Waals surface area contributed by atoms with Crippen LogP contribution in [0.5, 0.6) is 0 Å². The first-order chi connectivity index (χ1) is 7.08. The molecule has 0 radical (unpaired) electrons. The molecule has 2 aliphatic heterocycles. The van der Waals surface area contributed by atoms with Crippen LogP contribution in [0.4, 0.5) is 4.79 Å². The van der Waals surface area contributed by atoms with E-state index in [1.54, 1.807) is 0 Å². The number of aliphatic hydroxyl groups excluding tert-OH is 1. The van der Waals surface area contributed by atoms with Gasteiger partial charge in [0.05, 0.1) is 12.6 Å². The van der Waals surface area contributed by atoms with E-state index >= 15 is 0 Å². The fourth-order valence-electron chi connectivity index (χ4n) is 1.51. The lowest BCUT2D eigenvalue weighted by Crippen LogP contribution is -2.56. The zero-order valence-corrected chi connectivity index (χ0v) is 7.97. The van der Waals surface area contributed by atoms with Crippen LogP contribution in [-0.2, 0) is 9.59 Å². The molecular weight excluding hydrogens is 202 g/mol. The first-order valence-corrected chi connectivity index (χ1v) is 4.62. The van der Waals surface area contributed by atoms with Gasteiger partial charge in [-0.25, -0.2) is 4.79 Å². The summed E-state index contributed by atoms with van der Waals surface area (Å²) in [6.07, 6.45) is -0.475. The molecule has 82 valence electrons. The van der Waals surface area contributed by atoms with Crippen molar-refractivity contribution >= 4 is 17.8 Å². The minimum Gasteiger partial charge on any atom is -0.389 e. The third-order valence-electron chi connectivity index (χ3n) is 2.45. The van der Waals surface area contributed by atoms with Gasteiger partial charge in [-0.05, 0) is 0 Å². The highest BCUT2D eigenvalue weighted by atomic mass is 16.3. The maximum absolute atomic E-state index is 11.5. The Morgan fingerprint density at radius 2 is 2.13 bits per heavy atom. The van der Waals surface area contributed by atoms with Crippen LogP contribution < -0.4 is 5.32 Å². The number of imide groups is 1. The van der Waals surface area contributed by atoms with Crippen LogP contribution >= 0.6 is 0 Å². The van der Waals surface area contributed by atoms with E-state index in [-0.39, 0.29) is 32.1 Å². The Morgan fingerprint density at radius 3 is 2.60 bits per heavy atom. The van der Waals surface area contributed by atoms with Crippen molar-refractivity contribution in [1.29, 1.82) is 0 Å². The van der Waals surface area contributed by atoms with Crippen molar-refractivity contribution in [2.75, 3.05) is 26.2 Å². The van der Waals surface area contributed by atoms with E-state index in [2.05, 4.69) is 5.32 Å². The fraction of sp³-hybridized carbons (Fsp3) is 0.625. The number of carbonyl (C=O) groups excluding carboxylic acids is 3. The van der Waals surface area contributed by atoms with Crippen LogP contribution in [0.2, 0.25) is 0 Å². The Labute approximate surface area is 85.6 Å². The maximum atomic E-state index is 11.5. The van der Waals surface area contributed by atoms with E-state index in [1.807, 2.05) is 0 Å². The molecule has 0 atom stereocenters. The molecule has 15 heavy (non-hydrogen) atoms. The van der Waals surface area contributed by atoms with Gasteiger partial charge < -0.3 is 15.3 Å². The minimum absolute atomic E-state index is 0.0469. The minimum atomic E-state index is -0.533. The van der Waals surface area contributed by atoms with Gasteiger partial charge in [0.15, 0.2) is 0 Å². The molecule has 0 spiro atoms. The van der Waals surface area contributed by atoms with Gasteiger partial charge in [-0.15, -0.1) is 0 Å². The molecular formula is C8H11N3O4. The van der Waals surface area contributed by atoms with Crippen LogP contribution in [0.1, 0.15) is 0 Å². The van der Waals surface area contributed by atoms with Crippen molar-refractivity contribution in [2.24, 2.45) is 0 Å². The third kappa shape index (κ3) is 1.78. The van der Waals surface area contributed by atoms with Gasteiger partial charge in [0.1, 0.15) is 6.54 Å². The Kier molecular flexibility index (Phi) is 2.31. The largest absolute Gasteiger partial charge is 0.389 e. The number of nitrogens with zero attached hydrogens (tertiary/aromatic N) is 2. The van der Waals surface area contributed by atoms with Gasteiger partial charge in [-0.3, -0.25) is 14.5 Å². The average Bonchev–Trinajstić information content (AvgIpc) is 2.44. The van der Waals surface area contributed by atoms with Crippen LogP contribution in [-0.4, -0.2) is 65.0 Å². The van der Waals surface area contributed by atoms with Crippen molar-refractivity contribution in [3.8, 4) is 0 Å². The molecule has 4 amide bonds. The molecule has 0 saturated carbocycles. The van der Waals surface area contributed by atoms with Crippen molar-refractivity contribution in [2.45, 2.75) is 6.10 Å². The number of carbonyl (C=O) groups is 3. The molecule has 0 bridgehead atoms. The summed E-state index contributed by atoms with van der Waals surface area (Å²) >= 11 is 0. The quantitative estimate of drug-likeness (QED) is 0.507. The van der Waals surface area contributed by atoms with E-state index in [0.29, 0.717) is 0 Å². The van der Waals surface area contributed by atoms with Gasteiger partial charge in [0, 0.05) is 13.1 Å². The zero-order valence-electron chi connectivity index (χ0n) is 7.97. The van der Waals surface area contributed by atoms with Crippen LogP contribution in [0.25, 0.3) is 0 Å². The number of urea groups is 1. The number of hydrogen-bond acceptors (Lipinski definition) is 4. The summed E-state index contributed by atoms with van der Waals surface area (Å²) in [5.41, 5.74) is 0. The number of likely N-dealkylation sites (tertiary alicyclic amines) is 1. The summed E-state index contributed by atoms with van der Waals surface area (Å²) in [7, 11) is 0. The van der Waals surface area contributed by atoms with Crippen molar-refractivity contribution in [1.82, 2.24) is 15.1 Å². The number of rotatable bonds is 2.